The molecule has 0 unspecified atom stereocenters. The minimum absolute atomic E-state index is 0. The molecule has 9 heavy (non-hydrogen) atoms. The van der Waals surface area contributed by atoms with Crippen LogP contribution >= 0.6 is 12.4 Å². The van der Waals surface area contributed by atoms with Gasteiger partial charge in [0, 0.05) is 0 Å². The van der Waals surface area contributed by atoms with Crippen LogP contribution in [0.3, 0.4) is 0 Å². The summed E-state index contributed by atoms with van der Waals surface area (Å²) in [7, 11) is 0. The summed E-state index contributed by atoms with van der Waals surface area (Å²) in [5.41, 5.74) is 0. The fourth-order valence-electron chi connectivity index (χ4n) is 0.731. The molecule has 0 spiro atoms. The Hall–Kier alpha value is -0.280. The molecule has 1 aliphatic heterocycles. The standard InChI is InChI=1S/C5H9NO2.ClH/c7-5(8)4-6-2-1-3-6;/h1-4H2,(H,7,8);1H. The van der Waals surface area contributed by atoms with Crippen molar-refractivity contribution < 1.29 is 9.90 Å². The van der Waals surface area contributed by atoms with Crippen molar-refractivity contribution in [1.82, 2.24) is 4.90 Å². The highest BCUT2D eigenvalue weighted by Gasteiger charge is 2.15. The summed E-state index contributed by atoms with van der Waals surface area (Å²) < 4.78 is 0. The first kappa shape index (κ1) is 8.72. The Labute approximate surface area is 60.1 Å². The molecule has 1 saturated heterocycles. The number of nitrogens with zero attached hydrogens (tertiary/aromatic N) is 1. The van der Waals surface area contributed by atoms with Gasteiger partial charge in [0.2, 0.25) is 0 Å². The Bertz CT molecular complexity index is 103. The predicted molar refractivity (Wildman–Crippen MR) is 35.9 cm³/mol. The van der Waals surface area contributed by atoms with Crippen molar-refractivity contribution >= 4 is 18.4 Å². The molecule has 3 nitrogen and oxygen atoms in total. The van der Waals surface area contributed by atoms with E-state index in [0.29, 0.717) is 0 Å². The van der Waals surface area contributed by atoms with Crippen molar-refractivity contribution in [3.8, 4) is 0 Å². The number of halogens is 1. The van der Waals surface area contributed by atoms with E-state index in [1.165, 1.54) is 0 Å². The summed E-state index contributed by atoms with van der Waals surface area (Å²) in [6.45, 7) is 2.15. The zero-order valence-corrected chi connectivity index (χ0v) is 5.86. The summed E-state index contributed by atoms with van der Waals surface area (Å²) in [6, 6.07) is 0. The van der Waals surface area contributed by atoms with Crippen molar-refractivity contribution in [3.05, 3.63) is 0 Å². The molecule has 1 fully saturated rings. The van der Waals surface area contributed by atoms with E-state index < -0.39 is 5.97 Å². The van der Waals surface area contributed by atoms with Crippen LogP contribution in [0.4, 0.5) is 0 Å². The molecule has 54 valence electrons. The van der Waals surface area contributed by atoms with Gasteiger partial charge < -0.3 is 5.11 Å². The SMILES string of the molecule is Cl.O=C(O)CN1CCC1. The Morgan fingerprint density at radius 2 is 2.11 bits per heavy atom. The van der Waals surface area contributed by atoms with Crippen molar-refractivity contribution in [1.29, 1.82) is 0 Å². The fourth-order valence-corrected chi connectivity index (χ4v) is 0.731. The molecule has 0 aromatic heterocycles. The van der Waals surface area contributed by atoms with E-state index in [9.17, 15) is 4.79 Å². The molecule has 0 bridgehead atoms. The smallest absolute Gasteiger partial charge is 0.317 e. The van der Waals surface area contributed by atoms with E-state index in [1.54, 1.807) is 0 Å². The molecule has 0 aliphatic carbocycles. The summed E-state index contributed by atoms with van der Waals surface area (Å²) in [4.78, 5) is 11.9. The van der Waals surface area contributed by atoms with E-state index in [1.807, 2.05) is 4.90 Å². The lowest BCUT2D eigenvalue weighted by atomic mass is 10.2. The predicted octanol–water partition coefficient (Wildman–Crippen LogP) is 0.198. The summed E-state index contributed by atoms with van der Waals surface area (Å²) in [5, 5.41) is 8.21. The van der Waals surface area contributed by atoms with Crippen LogP contribution in [0.1, 0.15) is 6.42 Å². The molecule has 4 heteroatoms. The first-order valence-electron chi connectivity index (χ1n) is 2.73. The maximum atomic E-state index is 9.96. The van der Waals surface area contributed by atoms with Gasteiger partial charge in [-0.15, -0.1) is 12.4 Å². The van der Waals surface area contributed by atoms with Gasteiger partial charge in [0.1, 0.15) is 0 Å². The number of hydrogen-bond donors (Lipinski definition) is 1. The van der Waals surface area contributed by atoms with Gasteiger partial charge in [-0.25, -0.2) is 0 Å². The average Bonchev–Trinajstić information content (AvgIpc) is 1.55. The Balaban J connectivity index is 0.000000640. The number of rotatable bonds is 2. The molecule has 0 saturated carbocycles. The molecular weight excluding hydrogens is 142 g/mol. The Kier molecular flexibility index (Phi) is 3.58. The third-order valence-electron chi connectivity index (χ3n) is 1.31. The number of likely N-dealkylation sites (tertiary alicyclic amines) is 1. The van der Waals surface area contributed by atoms with Gasteiger partial charge in [-0.1, -0.05) is 0 Å². The summed E-state index contributed by atoms with van der Waals surface area (Å²) in [5.74, 6) is -0.718. The van der Waals surface area contributed by atoms with Crippen molar-refractivity contribution in [2.75, 3.05) is 19.6 Å². The minimum Gasteiger partial charge on any atom is -0.480 e. The lowest BCUT2D eigenvalue weighted by Gasteiger charge is -2.28. The third kappa shape index (κ3) is 2.67. The van der Waals surface area contributed by atoms with Crippen LogP contribution in [0.2, 0.25) is 0 Å². The van der Waals surface area contributed by atoms with Crippen LogP contribution in [0.5, 0.6) is 0 Å². The van der Waals surface area contributed by atoms with E-state index in [2.05, 4.69) is 0 Å². The normalized spacial score (nSPS) is 17.8. The molecule has 0 amide bonds. The van der Waals surface area contributed by atoms with Gasteiger partial charge in [0.15, 0.2) is 0 Å². The number of carbonyl (C=O) groups is 1. The maximum Gasteiger partial charge on any atom is 0.317 e. The molecule has 0 aromatic rings. The van der Waals surface area contributed by atoms with Crippen LogP contribution < -0.4 is 0 Å². The minimum atomic E-state index is -0.718. The lowest BCUT2D eigenvalue weighted by molar-refractivity contribution is -0.139. The van der Waals surface area contributed by atoms with E-state index >= 15 is 0 Å². The Morgan fingerprint density at radius 3 is 2.22 bits per heavy atom. The van der Waals surface area contributed by atoms with Gasteiger partial charge >= 0.3 is 5.97 Å². The Morgan fingerprint density at radius 1 is 1.56 bits per heavy atom. The highest BCUT2D eigenvalue weighted by atomic mass is 35.5. The summed E-state index contributed by atoms with van der Waals surface area (Å²) >= 11 is 0. The van der Waals surface area contributed by atoms with Crippen LogP contribution in [-0.2, 0) is 4.79 Å². The first-order valence-corrected chi connectivity index (χ1v) is 2.73. The van der Waals surface area contributed by atoms with Crippen LogP contribution in [0.25, 0.3) is 0 Å². The molecule has 0 radical (unpaired) electrons. The van der Waals surface area contributed by atoms with E-state index in [4.69, 9.17) is 5.11 Å². The molecule has 1 heterocycles. The summed E-state index contributed by atoms with van der Waals surface area (Å²) in [6.07, 6.45) is 1.16. The molecule has 0 aromatic carbocycles. The maximum absolute atomic E-state index is 9.96. The van der Waals surface area contributed by atoms with Crippen LogP contribution in [0, 0.1) is 0 Å². The van der Waals surface area contributed by atoms with E-state index in [-0.39, 0.29) is 19.0 Å². The second-order valence-electron chi connectivity index (χ2n) is 2.02. The third-order valence-corrected chi connectivity index (χ3v) is 1.31. The fraction of sp³-hybridized carbons (Fsp3) is 0.800. The van der Waals surface area contributed by atoms with Gasteiger partial charge in [0.25, 0.3) is 0 Å². The van der Waals surface area contributed by atoms with Gasteiger partial charge in [0.05, 0.1) is 6.54 Å². The molecular formula is C5H10ClNO2. The first-order chi connectivity index (χ1) is 3.79. The molecule has 1 aliphatic rings. The number of hydrogen-bond acceptors (Lipinski definition) is 2. The largest absolute Gasteiger partial charge is 0.480 e. The second kappa shape index (κ2) is 3.69. The van der Waals surface area contributed by atoms with Crippen LogP contribution in [-0.4, -0.2) is 35.6 Å². The highest BCUT2D eigenvalue weighted by molar-refractivity contribution is 5.85. The van der Waals surface area contributed by atoms with Crippen LogP contribution in [0.15, 0.2) is 0 Å². The zero-order valence-electron chi connectivity index (χ0n) is 5.04. The molecule has 0 atom stereocenters. The highest BCUT2D eigenvalue weighted by Crippen LogP contribution is 2.03. The van der Waals surface area contributed by atoms with Crippen molar-refractivity contribution in [2.24, 2.45) is 0 Å². The molecule has 1 N–H and O–H groups in total. The number of carboxylic acid groups (broad SMARTS) is 1. The van der Waals surface area contributed by atoms with E-state index in [0.717, 1.165) is 19.5 Å². The quantitative estimate of drug-likeness (QED) is 0.613. The topological polar surface area (TPSA) is 40.5 Å². The second-order valence-corrected chi connectivity index (χ2v) is 2.02. The molecule has 1 rings (SSSR count). The van der Waals surface area contributed by atoms with Gasteiger partial charge in [-0.3, -0.25) is 9.69 Å². The average molecular weight is 152 g/mol. The van der Waals surface area contributed by atoms with Gasteiger partial charge in [-0.2, -0.15) is 0 Å². The van der Waals surface area contributed by atoms with Gasteiger partial charge in [-0.05, 0) is 19.5 Å². The number of aliphatic carboxylic acids is 1. The number of carboxylic acids is 1. The van der Waals surface area contributed by atoms with Crippen molar-refractivity contribution in [3.63, 3.8) is 0 Å². The monoisotopic (exact) mass is 151 g/mol. The lowest BCUT2D eigenvalue weighted by Crippen LogP contribution is -2.40. The van der Waals surface area contributed by atoms with Crippen molar-refractivity contribution in [2.45, 2.75) is 6.42 Å². The zero-order chi connectivity index (χ0) is 5.98.